The summed E-state index contributed by atoms with van der Waals surface area (Å²) < 4.78 is 5.73. The molecule has 0 radical (unpaired) electrons. The number of piperidine rings is 1. The standard InChI is InChI=1S/C17H26N4O3/c1-13(2)24-15-14(18-7-8-19-15)21-11-5-6-17(23,12-21)16(22)20-9-3-4-10-20/h7-8,13,23H,3-6,9-12H2,1-2H3/t17-/m0/s1. The summed E-state index contributed by atoms with van der Waals surface area (Å²) in [5.41, 5.74) is -1.35. The Labute approximate surface area is 142 Å². The topological polar surface area (TPSA) is 78.8 Å². The summed E-state index contributed by atoms with van der Waals surface area (Å²) in [5, 5.41) is 11.0. The van der Waals surface area contributed by atoms with E-state index in [4.69, 9.17) is 4.74 Å². The zero-order chi connectivity index (χ0) is 17.2. The lowest BCUT2D eigenvalue weighted by molar-refractivity contribution is -0.151. The van der Waals surface area contributed by atoms with Gasteiger partial charge in [-0.05, 0) is 39.5 Å². The molecule has 0 bridgehead atoms. The fourth-order valence-corrected chi connectivity index (χ4v) is 3.45. The second-order valence-electron chi connectivity index (χ2n) is 6.91. The van der Waals surface area contributed by atoms with Gasteiger partial charge in [-0.3, -0.25) is 4.79 Å². The summed E-state index contributed by atoms with van der Waals surface area (Å²) in [6.45, 7) is 6.31. The summed E-state index contributed by atoms with van der Waals surface area (Å²) in [5.74, 6) is 0.892. The predicted octanol–water partition coefficient (Wildman–Crippen LogP) is 1.22. The van der Waals surface area contributed by atoms with Crippen LogP contribution in [0, 0.1) is 0 Å². The number of aliphatic hydroxyl groups is 1. The summed E-state index contributed by atoms with van der Waals surface area (Å²) in [6, 6.07) is 0. The van der Waals surface area contributed by atoms with E-state index in [9.17, 15) is 9.90 Å². The number of ether oxygens (including phenoxy) is 1. The molecule has 1 amide bonds. The van der Waals surface area contributed by atoms with Gasteiger partial charge in [-0.15, -0.1) is 0 Å². The van der Waals surface area contributed by atoms with E-state index in [0.29, 0.717) is 18.1 Å². The number of hydrogen-bond donors (Lipinski definition) is 1. The molecule has 0 saturated carbocycles. The highest BCUT2D eigenvalue weighted by Gasteiger charge is 2.44. The summed E-state index contributed by atoms with van der Waals surface area (Å²) in [4.78, 5) is 25.1. The fourth-order valence-electron chi connectivity index (χ4n) is 3.45. The van der Waals surface area contributed by atoms with Crippen LogP contribution in [0.1, 0.15) is 39.5 Å². The zero-order valence-corrected chi connectivity index (χ0v) is 14.4. The number of β-amino-alcohol motifs (C(OH)–C–C–N with tert-alkyl or cyclic N) is 1. The Hall–Kier alpha value is -1.89. The summed E-state index contributed by atoms with van der Waals surface area (Å²) >= 11 is 0. The van der Waals surface area contributed by atoms with Crippen LogP contribution in [0.2, 0.25) is 0 Å². The lowest BCUT2D eigenvalue weighted by Gasteiger charge is -2.40. The van der Waals surface area contributed by atoms with Crippen molar-refractivity contribution in [3.63, 3.8) is 0 Å². The molecule has 24 heavy (non-hydrogen) atoms. The first kappa shape index (κ1) is 17.0. The number of aromatic nitrogens is 2. The summed E-state index contributed by atoms with van der Waals surface area (Å²) in [6.07, 6.45) is 6.43. The first-order valence-electron chi connectivity index (χ1n) is 8.74. The molecule has 3 rings (SSSR count). The van der Waals surface area contributed by atoms with Gasteiger partial charge in [-0.1, -0.05) is 0 Å². The van der Waals surface area contributed by atoms with Crippen molar-refractivity contribution in [1.29, 1.82) is 0 Å². The Morgan fingerprint density at radius 3 is 2.62 bits per heavy atom. The van der Waals surface area contributed by atoms with E-state index in [1.54, 1.807) is 17.3 Å². The van der Waals surface area contributed by atoms with Gasteiger partial charge in [0.05, 0.1) is 12.6 Å². The van der Waals surface area contributed by atoms with Crippen LogP contribution in [0.4, 0.5) is 5.82 Å². The van der Waals surface area contributed by atoms with Gasteiger partial charge in [0.25, 0.3) is 11.8 Å². The molecule has 1 aromatic rings. The highest BCUT2D eigenvalue weighted by molar-refractivity contribution is 5.86. The Bertz CT molecular complexity index is 589. The molecular weight excluding hydrogens is 308 g/mol. The average Bonchev–Trinajstić information content (AvgIpc) is 3.08. The Kier molecular flexibility index (Phi) is 4.89. The van der Waals surface area contributed by atoms with Gasteiger partial charge in [-0.2, -0.15) is 0 Å². The number of carbonyl (C=O) groups is 1. The normalized spacial score (nSPS) is 24.5. The number of nitrogens with zero attached hydrogens (tertiary/aromatic N) is 4. The van der Waals surface area contributed by atoms with Crippen molar-refractivity contribution < 1.29 is 14.6 Å². The van der Waals surface area contributed by atoms with Crippen molar-refractivity contribution in [3.05, 3.63) is 12.4 Å². The molecule has 132 valence electrons. The van der Waals surface area contributed by atoms with Crippen molar-refractivity contribution in [2.45, 2.75) is 51.2 Å². The van der Waals surface area contributed by atoms with Gasteiger partial charge in [0.15, 0.2) is 11.4 Å². The van der Waals surface area contributed by atoms with E-state index in [-0.39, 0.29) is 18.6 Å². The average molecular weight is 334 g/mol. The van der Waals surface area contributed by atoms with Crippen molar-refractivity contribution in [2.24, 2.45) is 0 Å². The molecule has 2 aliphatic rings. The fraction of sp³-hybridized carbons (Fsp3) is 0.706. The first-order chi connectivity index (χ1) is 11.5. The summed E-state index contributed by atoms with van der Waals surface area (Å²) in [7, 11) is 0. The minimum Gasteiger partial charge on any atom is -0.472 e. The first-order valence-corrected chi connectivity index (χ1v) is 8.74. The van der Waals surface area contributed by atoms with Gasteiger partial charge in [0.2, 0.25) is 0 Å². The zero-order valence-electron chi connectivity index (χ0n) is 14.4. The number of rotatable bonds is 4. The molecule has 7 heteroatoms. The van der Waals surface area contributed by atoms with Gasteiger partial charge >= 0.3 is 0 Å². The van der Waals surface area contributed by atoms with Crippen molar-refractivity contribution in [2.75, 3.05) is 31.1 Å². The Morgan fingerprint density at radius 2 is 1.92 bits per heavy atom. The monoisotopic (exact) mass is 334 g/mol. The van der Waals surface area contributed by atoms with Gasteiger partial charge in [-0.25, -0.2) is 9.97 Å². The third-order valence-corrected chi connectivity index (χ3v) is 4.56. The van der Waals surface area contributed by atoms with E-state index >= 15 is 0 Å². The number of amides is 1. The maximum absolute atomic E-state index is 12.7. The SMILES string of the molecule is CC(C)Oc1nccnc1N1CCC[C@@](O)(C(=O)N2CCCC2)C1. The molecule has 1 N–H and O–H groups in total. The third-order valence-electron chi connectivity index (χ3n) is 4.56. The van der Waals surface area contributed by atoms with E-state index < -0.39 is 5.60 Å². The molecule has 2 fully saturated rings. The van der Waals surface area contributed by atoms with Gasteiger partial charge < -0.3 is 19.6 Å². The minimum atomic E-state index is -1.35. The second-order valence-corrected chi connectivity index (χ2v) is 6.91. The molecule has 7 nitrogen and oxygen atoms in total. The van der Waals surface area contributed by atoms with Crippen molar-refractivity contribution in [3.8, 4) is 5.88 Å². The van der Waals surface area contributed by atoms with E-state index in [2.05, 4.69) is 9.97 Å². The maximum atomic E-state index is 12.7. The quantitative estimate of drug-likeness (QED) is 0.892. The Balaban J connectivity index is 1.79. The van der Waals surface area contributed by atoms with Crippen molar-refractivity contribution >= 4 is 11.7 Å². The van der Waals surface area contributed by atoms with Crippen LogP contribution in [0.15, 0.2) is 12.4 Å². The number of anilines is 1. The van der Waals surface area contributed by atoms with Gasteiger partial charge in [0.1, 0.15) is 0 Å². The number of likely N-dealkylation sites (tertiary alicyclic amines) is 1. The molecule has 2 saturated heterocycles. The maximum Gasteiger partial charge on any atom is 0.257 e. The van der Waals surface area contributed by atoms with Crippen LogP contribution in [0.5, 0.6) is 5.88 Å². The molecule has 0 spiro atoms. The molecular formula is C17H26N4O3. The van der Waals surface area contributed by atoms with E-state index in [1.165, 1.54) is 0 Å². The molecule has 1 atom stereocenters. The lowest BCUT2D eigenvalue weighted by atomic mass is 9.91. The molecule has 0 unspecified atom stereocenters. The number of hydrogen-bond acceptors (Lipinski definition) is 6. The van der Waals surface area contributed by atoms with E-state index in [1.807, 2.05) is 18.7 Å². The van der Waals surface area contributed by atoms with Gasteiger partial charge in [0, 0.05) is 32.0 Å². The molecule has 2 aliphatic heterocycles. The van der Waals surface area contributed by atoms with Crippen molar-refractivity contribution in [1.82, 2.24) is 14.9 Å². The van der Waals surface area contributed by atoms with Crippen LogP contribution in [0.25, 0.3) is 0 Å². The van der Waals surface area contributed by atoms with E-state index in [0.717, 1.165) is 38.9 Å². The minimum absolute atomic E-state index is 0.0182. The van der Waals surface area contributed by atoms with Crippen LogP contribution >= 0.6 is 0 Å². The molecule has 1 aromatic heterocycles. The van der Waals surface area contributed by atoms with Crippen LogP contribution in [0.3, 0.4) is 0 Å². The largest absolute Gasteiger partial charge is 0.472 e. The molecule has 3 heterocycles. The highest BCUT2D eigenvalue weighted by atomic mass is 16.5. The van der Waals surface area contributed by atoms with Crippen LogP contribution < -0.4 is 9.64 Å². The van der Waals surface area contributed by atoms with Crippen LogP contribution in [-0.2, 0) is 4.79 Å². The lowest BCUT2D eigenvalue weighted by Crippen LogP contribution is -2.58. The number of carbonyl (C=O) groups excluding carboxylic acids is 1. The van der Waals surface area contributed by atoms with Crippen LogP contribution in [-0.4, -0.2) is 63.8 Å². The third kappa shape index (κ3) is 3.45. The second kappa shape index (κ2) is 6.93. The Morgan fingerprint density at radius 1 is 1.21 bits per heavy atom. The highest BCUT2D eigenvalue weighted by Crippen LogP contribution is 2.31. The molecule has 0 aromatic carbocycles. The predicted molar refractivity (Wildman–Crippen MR) is 90.0 cm³/mol. The molecule has 0 aliphatic carbocycles. The smallest absolute Gasteiger partial charge is 0.257 e.